The molecule has 0 bridgehead atoms. The number of aromatic carboxylic acids is 1. The second-order valence-electron chi connectivity index (χ2n) is 3.84. The Morgan fingerprint density at radius 3 is 2.42 bits per heavy atom. The van der Waals surface area contributed by atoms with Gasteiger partial charge in [0.2, 0.25) is 0 Å². The van der Waals surface area contributed by atoms with Crippen LogP contribution in [0.3, 0.4) is 0 Å². The molecule has 0 saturated carbocycles. The number of nitrogens with two attached hydrogens (primary N) is 1. The Bertz CT molecular complexity index is 596. The molecule has 98 valence electrons. The first-order valence-electron chi connectivity index (χ1n) is 5.55. The number of anilines is 1. The van der Waals surface area contributed by atoms with E-state index < -0.39 is 5.97 Å². The van der Waals surface area contributed by atoms with Crippen LogP contribution in [0.2, 0.25) is 0 Å². The Morgan fingerprint density at radius 2 is 1.89 bits per heavy atom. The van der Waals surface area contributed by atoms with Crippen LogP contribution in [-0.2, 0) is 0 Å². The number of methoxy groups -OCH3 is 1. The number of benzene rings is 2. The van der Waals surface area contributed by atoms with Crippen LogP contribution in [0.5, 0.6) is 5.75 Å². The van der Waals surface area contributed by atoms with Crippen molar-refractivity contribution in [2.24, 2.45) is 0 Å². The van der Waals surface area contributed by atoms with Gasteiger partial charge in [0.1, 0.15) is 5.75 Å². The van der Waals surface area contributed by atoms with Crippen molar-refractivity contribution in [3.63, 3.8) is 0 Å². The van der Waals surface area contributed by atoms with E-state index in [9.17, 15) is 4.79 Å². The van der Waals surface area contributed by atoms with Crippen molar-refractivity contribution in [3.05, 3.63) is 48.0 Å². The van der Waals surface area contributed by atoms with Gasteiger partial charge in [0, 0.05) is 21.5 Å². The number of hydrogen-bond acceptors (Lipinski definition) is 4. The van der Waals surface area contributed by atoms with Crippen molar-refractivity contribution in [1.29, 1.82) is 0 Å². The van der Waals surface area contributed by atoms with Crippen molar-refractivity contribution < 1.29 is 14.6 Å². The molecule has 19 heavy (non-hydrogen) atoms. The molecule has 0 spiro atoms. The number of ether oxygens (including phenoxy) is 1. The lowest BCUT2D eigenvalue weighted by Gasteiger charge is -2.07. The molecule has 2 rings (SSSR count). The van der Waals surface area contributed by atoms with E-state index in [1.165, 1.54) is 11.8 Å². The van der Waals surface area contributed by atoms with Crippen LogP contribution in [0.4, 0.5) is 5.69 Å². The zero-order chi connectivity index (χ0) is 13.8. The Kier molecular flexibility index (Phi) is 3.97. The second kappa shape index (κ2) is 5.67. The molecule has 0 unspecified atom stereocenters. The lowest BCUT2D eigenvalue weighted by Crippen LogP contribution is -1.95. The maximum atomic E-state index is 10.8. The lowest BCUT2D eigenvalue weighted by atomic mass is 10.2. The quantitative estimate of drug-likeness (QED) is 0.839. The summed E-state index contributed by atoms with van der Waals surface area (Å²) in [6.45, 7) is 0. The van der Waals surface area contributed by atoms with E-state index in [1.807, 2.05) is 12.1 Å². The van der Waals surface area contributed by atoms with Crippen molar-refractivity contribution >= 4 is 23.4 Å². The third kappa shape index (κ3) is 3.20. The van der Waals surface area contributed by atoms with Gasteiger partial charge in [0.15, 0.2) is 0 Å². The molecule has 2 aromatic carbocycles. The lowest BCUT2D eigenvalue weighted by molar-refractivity contribution is 0.0697. The number of hydrogen-bond donors (Lipinski definition) is 2. The summed E-state index contributed by atoms with van der Waals surface area (Å²) in [6.07, 6.45) is 0. The van der Waals surface area contributed by atoms with Crippen LogP contribution >= 0.6 is 11.8 Å². The molecular formula is C14H13NO3S. The van der Waals surface area contributed by atoms with Crippen molar-refractivity contribution in [2.75, 3.05) is 12.8 Å². The molecule has 2 aromatic rings. The highest BCUT2D eigenvalue weighted by atomic mass is 32.2. The SMILES string of the molecule is COc1ccc(Sc2ccc(C(=O)O)cc2)c(N)c1. The fourth-order valence-electron chi connectivity index (χ4n) is 1.54. The maximum Gasteiger partial charge on any atom is 0.335 e. The smallest absolute Gasteiger partial charge is 0.335 e. The number of carboxylic acids is 1. The van der Waals surface area contributed by atoms with E-state index >= 15 is 0 Å². The first kappa shape index (κ1) is 13.3. The minimum absolute atomic E-state index is 0.270. The summed E-state index contributed by atoms with van der Waals surface area (Å²) in [6, 6.07) is 12.1. The van der Waals surface area contributed by atoms with Gasteiger partial charge in [0.25, 0.3) is 0 Å². The molecule has 0 atom stereocenters. The largest absolute Gasteiger partial charge is 0.497 e. The summed E-state index contributed by atoms with van der Waals surface area (Å²) < 4.78 is 5.09. The van der Waals surface area contributed by atoms with E-state index in [4.69, 9.17) is 15.6 Å². The van der Waals surface area contributed by atoms with Crippen LogP contribution in [-0.4, -0.2) is 18.2 Å². The van der Waals surface area contributed by atoms with Crippen LogP contribution in [0.15, 0.2) is 52.3 Å². The highest BCUT2D eigenvalue weighted by Gasteiger charge is 2.05. The summed E-state index contributed by atoms with van der Waals surface area (Å²) in [5.74, 6) is -0.219. The molecule has 0 saturated heterocycles. The predicted molar refractivity (Wildman–Crippen MR) is 74.9 cm³/mol. The molecule has 0 aliphatic heterocycles. The average Bonchev–Trinajstić information content (AvgIpc) is 2.41. The van der Waals surface area contributed by atoms with E-state index in [0.29, 0.717) is 11.4 Å². The van der Waals surface area contributed by atoms with Gasteiger partial charge in [-0.05, 0) is 36.4 Å². The van der Waals surface area contributed by atoms with E-state index in [2.05, 4.69) is 0 Å². The first-order chi connectivity index (χ1) is 9.10. The molecule has 0 radical (unpaired) electrons. The Balaban J connectivity index is 2.19. The Labute approximate surface area is 115 Å². The molecule has 5 heteroatoms. The van der Waals surface area contributed by atoms with Gasteiger partial charge >= 0.3 is 5.97 Å². The average molecular weight is 275 g/mol. The van der Waals surface area contributed by atoms with Crippen LogP contribution in [0, 0.1) is 0 Å². The summed E-state index contributed by atoms with van der Waals surface area (Å²) in [5, 5.41) is 8.83. The van der Waals surface area contributed by atoms with Crippen molar-refractivity contribution in [2.45, 2.75) is 9.79 Å². The van der Waals surface area contributed by atoms with Gasteiger partial charge < -0.3 is 15.6 Å². The van der Waals surface area contributed by atoms with Gasteiger partial charge in [-0.1, -0.05) is 11.8 Å². The topological polar surface area (TPSA) is 72.5 Å². The first-order valence-corrected chi connectivity index (χ1v) is 6.36. The van der Waals surface area contributed by atoms with Crippen LogP contribution < -0.4 is 10.5 Å². The van der Waals surface area contributed by atoms with Gasteiger partial charge in [-0.25, -0.2) is 4.79 Å². The number of nitrogen functional groups attached to an aromatic ring is 1. The highest BCUT2D eigenvalue weighted by molar-refractivity contribution is 7.99. The fourth-order valence-corrected chi connectivity index (χ4v) is 2.38. The maximum absolute atomic E-state index is 10.8. The zero-order valence-electron chi connectivity index (χ0n) is 10.3. The third-order valence-corrected chi connectivity index (χ3v) is 3.65. The number of rotatable bonds is 4. The summed E-state index contributed by atoms with van der Waals surface area (Å²) in [7, 11) is 1.59. The van der Waals surface area contributed by atoms with Crippen molar-refractivity contribution in [1.82, 2.24) is 0 Å². The Hall–Kier alpha value is -2.14. The second-order valence-corrected chi connectivity index (χ2v) is 4.95. The zero-order valence-corrected chi connectivity index (χ0v) is 11.1. The molecule has 0 fully saturated rings. The van der Waals surface area contributed by atoms with E-state index in [-0.39, 0.29) is 5.56 Å². The molecule has 0 amide bonds. The molecular weight excluding hydrogens is 262 g/mol. The van der Waals surface area contributed by atoms with Crippen LogP contribution in [0.1, 0.15) is 10.4 Å². The van der Waals surface area contributed by atoms with Gasteiger partial charge in [-0.3, -0.25) is 0 Å². The summed E-state index contributed by atoms with van der Waals surface area (Å²) in [5.41, 5.74) is 6.83. The van der Waals surface area contributed by atoms with E-state index in [0.717, 1.165) is 9.79 Å². The minimum Gasteiger partial charge on any atom is -0.497 e. The van der Waals surface area contributed by atoms with Crippen molar-refractivity contribution in [3.8, 4) is 5.75 Å². The Morgan fingerprint density at radius 1 is 1.21 bits per heavy atom. The molecule has 0 aliphatic rings. The molecule has 3 N–H and O–H groups in total. The van der Waals surface area contributed by atoms with Gasteiger partial charge in [-0.15, -0.1) is 0 Å². The number of carbonyl (C=O) groups is 1. The summed E-state index contributed by atoms with van der Waals surface area (Å²) in [4.78, 5) is 12.6. The standard InChI is InChI=1S/C14H13NO3S/c1-18-10-4-7-13(12(15)8-10)19-11-5-2-9(3-6-11)14(16)17/h2-8H,15H2,1H3,(H,16,17). The minimum atomic E-state index is -0.930. The normalized spacial score (nSPS) is 10.2. The summed E-state index contributed by atoms with van der Waals surface area (Å²) >= 11 is 1.48. The molecule has 0 aromatic heterocycles. The fraction of sp³-hybridized carbons (Fsp3) is 0.0714. The molecule has 0 heterocycles. The van der Waals surface area contributed by atoms with Gasteiger partial charge in [-0.2, -0.15) is 0 Å². The van der Waals surface area contributed by atoms with Crippen LogP contribution in [0.25, 0.3) is 0 Å². The number of carboxylic acid groups (broad SMARTS) is 1. The monoisotopic (exact) mass is 275 g/mol. The molecule has 4 nitrogen and oxygen atoms in total. The highest BCUT2D eigenvalue weighted by Crippen LogP contribution is 2.34. The molecule has 0 aliphatic carbocycles. The van der Waals surface area contributed by atoms with Gasteiger partial charge in [0.05, 0.1) is 12.7 Å². The van der Waals surface area contributed by atoms with E-state index in [1.54, 1.807) is 37.4 Å². The predicted octanol–water partition coefficient (Wildman–Crippen LogP) is 3.13. The third-order valence-electron chi connectivity index (χ3n) is 2.55.